The summed E-state index contributed by atoms with van der Waals surface area (Å²) in [6.07, 6.45) is -4.79. The third kappa shape index (κ3) is 2.86. The molecule has 0 aliphatic carbocycles. The first-order valence-electron chi connectivity index (χ1n) is 4.63. The van der Waals surface area contributed by atoms with Crippen molar-refractivity contribution in [2.24, 2.45) is 0 Å². The van der Waals surface area contributed by atoms with Gasteiger partial charge in [-0.2, -0.15) is 0 Å². The molecule has 0 atom stereocenters. The molecule has 0 unspecified atom stereocenters. The van der Waals surface area contributed by atoms with Crippen molar-refractivity contribution in [2.45, 2.75) is 6.36 Å². The Morgan fingerprint density at radius 1 is 1.28 bits per heavy atom. The van der Waals surface area contributed by atoms with E-state index in [0.717, 1.165) is 6.07 Å². The van der Waals surface area contributed by atoms with E-state index >= 15 is 0 Å². The van der Waals surface area contributed by atoms with Crippen LogP contribution in [0.5, 0.6) is 5.75 Å². The number of anilines is 1. The van der Waals surface area contributed by atoms with E-state index in [-0.39, 0.29) is 10.9 Å². The van der Waals surface area contributed by atoms with Gasteiger partial charge < -0.3 is 15.0 Å². The van der Waals surface area contributed by atoms with Crippen molar-refractivity contribution in [1.29, 1.82) is 0 Å². The summed E-state index contributed by atoms with van der Waals surface area (Å²) in [6, 6.07) is 5.16. The zero-order chi connectivity index (χ0) is 13.3. The molecular formula is C10H6ClF3N2O2. The minimum Gasteiger partial charge on any atom is -0.404 e. The molecule has 0 aliphatic heterocycles. The van der Waals surface area contributed by atoms with Crippen LogP contribution in [0.15, 0.2) is 28.8 Å². The maximum Gasteiger partial charge on any atom is 0.573 e. The van der Waals surface area contributed by atoms with E-state index in [1.165, 1.54) is 18.2 Å². The van der Waals surface area contributed by atoms with E-state index < -0.39 is 12.1 Å². The van der Waals surface area contributed by atoms with Crippen LogP contribution in [0.3, 0.4) is 0 Å². The Labute approximate surface area is 104 Å². The van der Waals surface area contributed by atoms with Crippen molar-refractivity contribution < 1.29 is 22.4 Å². The van der Waals surface area contributed by atoms with Crippen LogP contribution in [0, 0.1) is 0 Å². The first-order valence-corrected chi connectivity index (χ1v) is 5.01. The molecule has 2 rings (SSSR count). The molecule has 0 saturated heterocycles. The third-order valence-corrected chi connectivity index (χ3v) is 2.28. The molecule has 0 amide bonds. The van der Waals surface area contributed by atoms with Gasteiger partial charge in [-0.05, 0) is 18.2 Å². The Kier molecular flexibility index (Phi) is 3.08. The molecule has 2 aromatic rings. The van der Waals surface area contributed by atoms with Crippen LogP contribution in [-0.4, -0.2) is 11.5 Å². The van der Waals surface area contributed by atoms with Gasteiger partial charge >= 0.3 is 6.36 Å². The van der Waals surface area contributed by atoms with Gasteiger partial charge in [-0.1, -0.05) is 16.8 Å². The van der Waals surface area contributed by atoms with E-state index in [9.17, 15) is 13.2 Å². The highest BCUT2D eigenvalue weighted by Crippen LogP contribution is 2.33. The Morgan fingerprint density at radius 3 is 2.50 bits per heavy atom. The Hall–Kier alpha value is -1.89. The van der Waals surface area contributed by atoms with Gasteiger partial charge in [0, 0.05) is 11.6 Å². The molecule has 18 heavy (non-hydrogen) atoms. The molecular weight excluding hydrogens is 273 g/mol. The average molecular weight is 279 g/mol. The lowest BCUT2D eigenvalue weighted by Gasteiger charge is -2.10. The quantitative estimate of drug-likeness (QED) is 0.913. The summed E-state index contributed by atoms with van der Waals surface area (Å²) in [4.78, 5) is 0. The van der Waals surface area contributed by atoms with Crippen molar-refractivity contribution in [3.8, 4) is 17.0 Å². The summed E-state index contributed by atoms with van der Waals surface area (Å²) in [7, 11) is 0. The van der Waals surface area contributed by atoms with Crippen LogP contribution in [0.4, 0.5) is 19.1 Å². The number of nitrogens with two attached hydrogens (primary N) is 1. The molecule has 0 spiro atoms. The summed E-state index contributed by atoms with van der Waals surface area (Å²) < 4.78 is 44.4. The van der Waals surface area contributed by atoms with Crippen LogP contribution < -0.4 is 10.5 Å². The van der Waals surface area contributed by atoms with E-state index in [2.05, 4.69) is 14.4 Å². The van der Waals surface area contributed by atoms with Gasteiger partial charge in [0.15, 0.2) is 0 Å². The van der Waals surface area contributed by atoms with Crippen LogP contribution in [-0.2, 0) is 0 Å². The van der Waals surface area contributed by atoms with E-state index in [0.29, 0.717) is 11.3 Å². The second-order valence-corrected chi connectivity index (χ2v) is 3.71. The van der Waals surface area contributed by atoms with Gasteiger partial charge in [0.05, 0.1) is 5.02 Å². The number of nitrogen functional groups attached to an aromatic ring is 1. The highest BCUT2D eigenvalue weighted by Gasteiger charge is 2.32. The number of alkyl halides is 3. The number of hydrogen-bond acceptors (Lipinski definition) is 4. The predicted octanol–water partition coefficient (Wildman–Crippen LogP) is 3.48. The lowest BCUT2D eigenvalue weighted by Crippen LogP contribution is -2.17. The molecule has 1 aromatic carbocycles. The molecule has 96 valence electrons. The molecule has 1 heterocycles. The number of hydrogen-bond donors (Lipinski definition) is 1. The lowest BCUT2D eigenvalue weighted by atomic mass is 10.1. The summed E-state index contributed by atoms with van der Waals surface area (Å²) in [5.41, 5.74) is 6.17. The second kappa shape index (κ2) is 4.41. The topological polar surface area (TPSA) is 61.3 Å². The molecule has 4 nitrogen and oxygen atoms in total. The van der Waals surface area contributed by atoms with Gasteiger partial charge in [0.1, 0.15) is 11.4 Å². The van der Waals surface area contributed by atoms with Crippen molar-refractivity contribution in [3.05, 3.63) is 29.3 Å². The monoisotopic (exact) mass is 278 g/mol. The first kappa shape index (κ1) is 12.6. The van der Waals surface area contributed by atoms with E-state index in [4.69, 9.17) is 17.3 Å². The SMILES string of the molecule is Nc1cc(-c2ccc(OC(F)(F)F)c(Cl)c2)no1. The average Bonchev–Trinajstić information content (AvgIpc) is 2.66. The van der Waals surface area contributed by atoms with E-state index in [1.54, 1.807) is 0 Å². The minimum atomic E-state index is -4.79. The number of aromatic nitrogens is 1. The Morgan fingerprint density at radius 2 is 2.00 bits per heavy atom. The fourth-order valence-corrected chi connectivity index (χ4v) is 1.51. The first-order chi connectivity index (χ1) is 8.35. The standard InChI is InChI=1S/C10H6ClF3N2O2/c11-6-3-5(7-4-9(15)18-16-7)1-2-8(6)17-10(12,13)14/h1-4H,15H2. The van der Waals surface area contributed by atoms with Crippen LogP contribution >= 0.6 is 11.6 Å². The highest BCUT2D eigenvalue weighted by atomic mass is 35.5. The predicted molar refractivity (Wildman–Crippen MR) is 58.0 cm³/mol. The molecule has 8 heteroatoms. The summed E-state index contributed by atoms with van der Waals surface area (Å²) >= 11 is 5.68. The molecule has 0 aliphatic rings. The summed E-state index contributed by atoms with van der Waals surface area (Å²) in [6.45, 7) is 0. The van der Waals surface area contributed by atoms with Crippen LogP contribution in [0.25, 0.3) is 11.3 Å². The maximum absolute atomic E-state index is 12.0. The zero-order valence-electron chi connectivity index (χ0n) is 8.66. The fourth-order valence-electron chi connectivity index (χ4n) is 1.29. The third-order valence-electron chi connectivity index (χ3n) is 1.98. The summed E-state index contributed by atoms with van der Waals surface area (Å²) in [5.74, 6) is -0.388. The Bertz CT molecular complexity index is 568. The van der Waals surface area contributed by atoms with E-state index in [1.807, 2.05) is 0 Å². The molecule has 2 N–H and O–H groups in total. The van der Waals surface area contributed by atoms with Gasteiger partial charge in [-0.3, -0.25) is 0 Å². The van der Waals surface area contributed by atoms with Crippen molar-refractivity contribution in [1.82, 2.24) is 5.16 Å². The van der Waals surface area contributed by atoms with Crippen LogP contribution in [0.1, 0.15) is 0 Å². The molecule has 0 fully saturated rings. The maximum atomic E-state index is 12.0. The van der Waals surface area contributed by atoms with Crippen LogP contribution in [0.2, 0.25) is 5.02 Å². The fraction of sp³-hybridized carbons (Fsp3) is 0.100. The smallest absolute Gasteiger partial charge is 0.404 e. The number of rotatable bonds is 2. The van der Waals surface area contributed by atoms with Crippen molar-refractivity contribution in [3.63, 3.8) is 0 Å². The molecule has 0 saturated carbocycles. The number of halogens is 4. The van der Waals surface area contributed by atoms with Gasteiger partial charge in [-0.15, -0.1) is 13.2 Å². The second-order valence-electron chi connectivity index (χ2n) is 3.31. The minimum absolute atomic E-state index is 0.0942. The van der Waals surface area contributed by atoms with Crippen molar-refractivity contribution >= 4 is 17.5 Å². The van der Waals surface area contributed by atoms with Crippen molar-refractivity contribution in [2.75, 3.05) is 5.73 Å². The van der Waals surface area contributed by atoms with Gasteiger partial charge in [-0.25, -0.2) is 0 Å². The van der Waals surface area contributed by atoms with Gasteiger partial charge in [0.2, 0.25) is 5.88 Å². The molecule has 0 bridgehead atoms. The largest absolute Gasteiger partial charge is 0.573 e. The molecule has 1 aromatic heterocycles. The Balaban J connectivity index is 2.30. The normalized spacial score (nSPS) is 11.6. The lowest BCUT2D eigenvalue weighted by molar-refractivity contribution is -0.274. The highest BCUT2D eigenvalue weighted by molar-refractivity contribution is 6.32. The number of ether oxygens (including phenoxy) is 1. The molecule has 0 radical (unpaired) electrons. The number of benzene rings is 1. The summed E-state index contributed by atoms with van der Waals surface area (Å²) in [5, 5.41) is 3.42. The zero-order valence-corrected chi connectivity index (χ0v) is 9.42. The number of nitrogens with zero attached hydrogens (tertiary/aromatic N) is 1. The van der Waals surface area contributed by atoms with Gasteiger partial charge in [0.25, 0.3) is 0 Å².